The van der Waals surface area contributed by atoms with Gasteiger partial charge in [-0.3, -0.25) is 0 Å². The van der Waals surface area contributed by atoms with E-state index in [1.807, 2.05) is 12.1 Å². The second kappa shape index (κ2) is 3.81. The number of halogens is 1. The van der Waals surface area contributed by atoms with Crippen LogP contribution in [0.3, 0.4) is 0 Å². The monoisotopic (exact) mass is 214 g/mol. The topological polar surface area (TPSA) is 17.1 Å². The van der Waals surface area contributed by atoms with Gasteiger partial charge in [-0.15, -0.1) is 11.3 Å². The van der Waals surface area contributed by atoms with Gasteiger partial charge in [-0.05, 0) is 37.3 Å². The highest BCUT2D eigenvalue weighted by atomic mass is 35.5. The van der Waals surface area contributed by atoms with E-state index in [9.17, 15) is 4.79 Å². The van der Waals surface area contributed by atoms with Gasteiger partial charge in [0.25, 0.3) is 0 Å². The fourth-order valence-corrected chi connectivity index (χ4v) is 2.70. The fourth-order valence-electron chi connectivity index (χ4n) is 1.54. The van der Waals surface area contributed by atoms with Gasteiger partial charge in [-0.2, -0.15) is 0 Å². The average Bonchev–Trinajstić information content (AvgIpc) is 2.87. The van der Waals surface area contributed by atoms with Crippen molar-refractivity contribution in [2.45, 2.75) is 19.3 Å². The van der Waals surface area contributed by atoms with Gasteiger partial charge < -0.3 is 4.79 Å². The van der Waals surface area contributed by atoms with Crippen LogP contribution >= 0.6 is 22.9 Å². The van der Waals surface area contributed by atoms with Gasteiger partial charge in [-0.25, -0.2) is 0 Å². The molecule has 1 unspecified atom stereocenters. The Morgan fingerprint density at radius 3 is 2.85 bits per heavy atom. The molecule has 1 aromatic heterocycles. The fraction of sp³-hybridized carbons (Fsp3) is 0.500. The first kappa shape index (κ1) is 9.22. The molecule has 70 valence electrons. The lowest BCUT2D eigenvalue weighted by atomic mass is 10.0. The Labute approximate surface area is 86.7 Å². The Hall–Kier alpha value is -0.340. The van der Waals surface area contributed by atoms with Crippen LogP contribution in [0.2, 0.25) is 4.34 Å². The van der Waals surface area contributed by atoms with Crippen molar-refractivity contribution >= 4 is 29.2 Å². The van der Waals surface area contributed by atoms with Crippen molar-refractivity contribution in [1.29, 1.82) is 0 Å². The van der Waals surface area contributed by atoms with Crippen LogP contribution < -0.4 is 0 Å². The van der Waals surface area contributed by atoms with Gasteiger partial charge >= 0.3 is 0 Å². The minimum Gasteiger partial charge on any atom is -0.303 e. The molecule has 0 radical (unpaired) electrons. The van der Waals surface area contributed by atoms with Crippen LogP contribution in [0.1, 0.15) is 17.7 Å². The summed E-state index contributed by atoms with van der Waals surface area (Å²) in [6, 6.07) is 3.92. The smallest absolute Gasteiger partial charge is 0.123 e. The van der Waals surface area contributed by atoms with E-state index in [2.05, 4.69) is 0 Å². The molecular formula is C10H11ClOS. The molecule has 0 saturated heterocycles. The van der Waals surface area contributed by atoms with Crippen LogP contribution in [0, 0.1) is 11.8 Å². The molecule has 2 rings (SSSR count). The molecule has 0 amide bonds. The average molecular weight is 215 g/mol. The van der Waals surface area contributed by atoms with Gasteiger partial charge in [-0.1, -0.05) is 11.6 Å². The van der Waals surface area contributed by atoms with Crippen LogP contribution in [-0.4, -0.2) is 6.29 Å². The molecular weight excluding hydrogens is 204 g/mol. The maximum Gasteiger partial charge on any atom is 0.123 e. The maximum atomic E-state index is 10.8. The molecule has 1 aliphatic carbocycles. The molecule has 0 aromatic carbocycles. The Morgan fingerprint density at radius 1 is 1.62 bits per heavy atom. The van der Waals surface area contributed by atoms with Crippen LogP contribution in [-0.2, 0) is 11.2 Å². The number of carbonyl (C=O) groups is 1. The molecule has 1 atom stereocenters. The normalized spacial score (nSPS) is 18.5. The summed E-state index contributed by atoms with van der Waals surface area (Å²) in [5.74, 6) is 0.882. The third-order valence-corrected chi connectivity index (χ3v) is 3.72. The summed E-state index contributed by atoms with van der Waals surface area (Å²) in [6.45, 7) is 0. The summed E-state index contributed by atoms with van der Waals surface area (Å²) >= 11 is 7.40. The number of hydrogen-bond donors (Lipinski definition) is 0. The molecule has 0 aliphatic heterocycles. The van der Waals surface area contributed by atoms with Gasteiger partial charge in [0.1, 0.15) is 6.29 Å². The molecule has 0 spiro atoms. The predicted octanol–water partition coefficient (Wildman–Crippen LogP) is 3.17. The largest absolute Gasteiger partial charge is 0.303 e. The zero-order chi connectivity index (χ0) is 9.26. The quantitative estimate of drug-likeness (QED) is 0.704. The minimum absolute atomic E-state index is 0.231. The highest BCUT2D eigenvalue weighted by Crippen LogP contribution is 2.38. The minimum atomic E-state index is 0.231. The summed E-state index contributed by atoms with van der Waals surface area (Å²) < 4.78 is 0.815. The number of carbonyl (C=O) groups excluding carboxylic acids is 1. The van der Waals surface area contributed by atoms with E-state index >= 15 is 0 Å². The lowest BCUT2D eigenvalue weighted by Gasteiger charge is -2.05. The molecule has 1 saturated carbocycles. The highest BCUT2D eigenvalue weighted by Gasteiger charge is 2.31. The van der Waals surface area contributed by atoms with E-state index in [0.717, 1.165) is 17.0 Å². The Kier molecular flexibility index (Phi) is 2.70. The molecule has 1 heterocycles. The van der Waals surface area contributed by atoms with E-state index in [-0.39, 0.29) is 5.92 Å². The first-order chi connectivity index (χ1) is 6.29. The van der Waals surface area contributed by atoms with E-state index < -0.39 is 0 Å². The highest BCUT2D eigenvalue weighted by molar-refractivity contribution is 7.16. The molecule has 1 fully saturated rings. The van der Waals surface area contributed by atoms with Crippen molar-refractivity contribution in [3.63, 3.8) is 0 Å². The van der Waals surface area contributed by atoms with Crippen molar-refractivity contribution in [3.8, 4) is 0 Å². The van der Waals surface area contributed by atoms with Crippen LogP contribution in [0.4, 0.5) is 0 Å². The van der Waals surface area contributed by atoms with E-state index in [4.69, 9.17) is 11.6 Å². The first-order valence-electron chi connectivity index (χ1n) is 4.49. The number of hydrogen-bond acceptors (Lipinski definition) is 2. The number of rotatable bonds is 4. The number of thiophene rings is 1. The third kappa shape index (κ3) is 2.32. The van der Waals surface area contributed by atoms with Gasteiger partial charge in [0, 0.05) is 10.8 Å². The summed E-state index contributed by atoms with van der Waals surface area (Å²) in [7, 11) is 0. The zero-order valence-electron chi connectivity index (χ0n) is 7.20. The van der Waals surface area contributed by atoms with Crippen LogP contribution in [0.15, 0.2) is 12.1 Å². The molecule has 13 heavy (non-hydrogen) atoms. The molecule has 0 N–H and O–H groups in total. The second-order valence-corrected chi connectivity index (χ2v) is 5.35. The summed E-state index contributed by atoms with van der Waals surface area (Å²) in [4.78, 5) is 12.0. The summed E-state index contributed by atoms with van der Waals surface area (Å²) in [6.07, 6.45) is 4.43. The summed E-state index contributed by atoms with van der Waals surface area (Å²) in [5.41, 5.74) is 0. The van der Waals surface area contributed by atoms with E-state index in [1.54, 1.807) is 11.3 Å². The van der Waals surface area contributed by atoms with Gasteiger partial charge in [0.15, 0.2) is 0 Å². The number of aldehydes is 1. The lowest BCUT2D eigenvalue weighted by Crippen LogP contribution is -2.07. The maximum absolute atomic E-state index is 10.8. The van der Waals surface area contributed by atoms with Crippen molar-refractivity contribution in [2.24, 2.45) is 11.8 Å². The van der Waals surface area contributed by atoms with Crippen LogP contribution in [0.25, 0.3) is 0 Å². The predicted molar refractivity (Wildman–Crippen MR) is 55.3 cm³/mol. The molecule has 0 bridgehead atoms. The van der Waals surface area contributed by atoms with Gasteiger partial charge in [0.05, 0.1) is 4.34 Å². The Bertz CT molecular complexity index is 304. The SMILES string of the molecule is O=CC(Cc1ccc(Cl)s1)C1CC1. The van der Waals surface area contributed by atoms with Crippen molar-refractivity contribution < 1.29 is 4.79 Å². The van der Waals surface area contributed by atoms with Gasteiger partial charge in [0.2, 0.25) is 0 Å². The molecule has 1 nitrogen and oxygen atoms in total. The van der Waals surface area contributed by atoms with E-state index in [1.165, 1.54) is 17.7 Å². The van der Waals surface area contributed by atoms with Crippen molar-refractivity contribution in [1.82, 2.24) is 0 Å². The third-order valence-electron chi connectivity index (χ3n) is 2.47. The zero-order valence-corrected chi connectivity index (χ0v) is 8.77. The van der Waals surface area contributed by atoms with E-state index in [0.29, 0.717) is 5.92 Å². The lowest BCUT2D eigenvalue weighted by molar-refractivity contribution is -0.111. The van der Waals surface area contributed by atoms with Crippen molar-refractivity contribution in [2.75, 3.05) is 0 Å². The van der Waals surface area contributed by atoms with Crippen LogP contribution in [0.5, 0.6) is 0 Å². The molecule has 1 aromatic rings. The Morgan fingerprint density at radius 2 is 2.38 bits per heavy atom. The Balaban J connectivity index is 1.98. The van der Waals surface area contributed by atoms with Crippen molar-refractivity contribution in [3.05, 3.63) is 21.3 Å². The second-order valence-electron chi connectivity index (χ2n) is 3.55. The molecule has 3 heteroatoms. The summed E-state index contributed by atoms with van der Waals surface area (Å²) in [5, 5.41) is 0. The standard InChI is InChI=1S/C10H11ClOS/c11-10-4-3-9(13-10)5-8(6-12)7-1-2-7/h3-4,6-8H,1-2,5H2. The molecule has 1 aliphatic rings. The first-order valence-corrected chi connectivity index (χ1v) is 5.68.